The maximum Gasteiger partial charge on any atom is 0.342 e. The highest BCUT2D eigenvalue weighted by molar-refractivity contribution is 5.99. The van der Waals surface area contributed by atoms with E-state index in [0.717, 1.165) is 18.4 Å². The largest absolute Gasteiger partial charge is 0.454 e. The number of cyclic esters (lactones) is 1. The van der Waals surface area contributed by atoms with Crippen LogP contribution in [0.25, 0.3) is 5.69 Å². The van der Waals surface area contributed by atoms with Crippen LogP contribution in [-0.2, 0) is 4.74 Å². The van der Waals surface area contributed by atoms with E-state index in [4.69, 9.17) is 4.74 Å². The number of hydrogen-bond donors (Lipinski definition) is 1. The standard InChI is InChI=1S/C23H24N6O3/c1-14-7-8-16(27-21-20-17(9-10-24-21)15(2)32-23(20)31)13-28(14)22(30)18-5-3-4-6-19(18)29-25-11-12-26-29/h3-6,9-12,14-16H,7-8,13H2,1-2H3,(H,24,27)/t14-,15+,16-/m1/s1. The van der Waals surface area contributed by atoms with Gasteiger partial charge in [0.1, 0.15) is 17.5 Å². The van der Waals surface area contributed by atoms with Crippen LogP contribution in [0.2, 0.25) is 0 Å². The molecule has 0 spiro atoms. The van der Waals surface area contributed by atoms with Gasteiger partial charge in [-0.25, -0.2) is 9.78 Å². The molecule has 3 atom stereocenters. The van der Waals surface area contributed by atoms with Crippen molar-refractivity contribution in [2.45, 2.75) is 44.9 Å². The molecule has 9 heteroatoms. The minimum atomic E-state index is -0.360. The van der Waals surface area contributed by atoms with Gasteiger partial charge in [-0.1, -0.05) is 12.1 Å². The number of carbonyl (C=O) groups is 2. The fourth-order valence-corrected chi connectivity index (χ4v) is 4.45. The minimum absolute atomic E-state index is 0.0344. The first-order valence-electron chi connectivity index (χ1n) is 10.8. The fraction of sp³-hybridized carbons (Fsp3) is 0.348. The van der Waals surface area contributed by atoms with Crippen molar-refractivity contribution in [2.24, 2.45) is 0 Å². The van der Waals surface area contributed by atoms with Crippen molar-refractivity contribution in [3.05, 3.63) is 65.6 Å². The molecule has 5 rings (SSSR count). The maximum absolute atomic E-state index is 13.5. The summed E-state index contributed by atoms with van der Waals surface area (Å²) in [7, 11) is 0. The number of benzene rings is 1. The summed E-state index contributed by atoms with van der Waals surface area (Å²) in [5, 5.41) is 11.8. The van der Waals surface area contributed by atoms with Gasteiger partial charge in [0.25, 0.3) is 5.91 Å². The number of hydrogen-bond acceptors (Lipinski definition) is 7. The predicted molar refractivity (Wildman–Crippen MR) is 117 cm³/mol. The van der Waals surface area contributed by atoms with Gasteiger partial charge in [-0.3, -0.25) is 4.79 Å². The molecule has 1 fully saturated rings. The summed E-state index contributed by atoms with van der Waals surface area (Å²) < 4.78 is 5.35. The van der Waals surface area contributed by atoms with Crippen LogP contribution < -0.4 is 5.32 Å². The molecule has 1 saturated heterocycles. The molecule has 0 radical (unpaired) electrons. The Morgan fingerprint density at radius 2 is 1.88 bits per heavy atom. The average Bonchev–Trinajstić information content (AvgIpc) is 3.44. The lowest BCUT2D eigenvalue weighted by Crippen LogP contribution is -2.50. The second-order valence-electron chi connectivity index (χ2n) is 8.23. The molecule has 0 aliphatic carbocycles. The van der Waals surface area contributed by atoms with Gasteiger partial charge in [-0.2, -0.15) is 15.0 Å². The normalized spacial score (nSPS) is 22.4. The molecule has 0 unspecified atom stereocenters. The van der Waals surface area contributed by atoms with Crippen LogP contribution in [0.1, 0.15) is 59.1 Å². The number of fused-ring (bicyclic) bond motifs is 1. The molecule has 3 aromatic rings. The first-order valence-corrected chi connectivity index (χ1v) is 10.8. The second-order valence-corrected chi connectivity index (χ2v) is 8.23. The van der Waals surface area contributed by atoms with Crippen LogP contribution >= 0.6 is 0 Å². The zero-order chi connectivity index (χ0) is 22.2. The van der Waals surface area contributed by atoms with Gasteiger partial charge in [0.15, 0.2) is 0 Å². The molecule has 2 aromatic heterocycles. The van der Waals surface area contributed by atoms with E-state index in [1.165, 1.54) is 4.80 Å². The van der Waals surface area contributed by atoms with Crippen molar-refractivity contribution in [3.8, 4) is 5.69 Å². The zero-order valence-electron chi connectivity index (χ0n) is 17.9. The maximum atomic E-state index is 13.5. The lowest BCUT2D eigenvalue weighted by Gasteiger charge is -2.38. The Bertz CT molecular complexity index is 1160. The Kier molecular flexibility index (Phi) is 5.08. The average molecular weight is 432 g/mol. The number of piperidine rings is 1. The quantitative estimate of drug-likeness (QED) is 0.632. The fourth-order valence-electron chi connectivity index (χ4n) is 4.45. The van der Waals surface area contributed by atoms with Gasteiger partial charge < -0.3 is 15.0 Å². The van der Waals surface area contributed by atoms with Crippen molar-refractivity contribution < 1.29 is 14.3 Å². The first-order chi connectivity index (χ1) is 15.5. The molecule has 4 heterocycles. The number of aromatic nitrogens is 4. The molecular formula is C23H24N6O3. The Labute approximate surface area is 185 Å². The monoisotopic (exact) mass is 432 g/mol. The van der Waals surface area contributed by atoms with Crippen molar-refractivity contribution in [3.63, 3.8) is 0 Å². The molecule has 0 bridgehead atoms. The third-order valence-corrected chi connectivity index (χ3v) is 6.16. The molecular weight excluding hydrogens is 408 g/mol. The zero-order valence-corrected chi connectivity index (χ0v) is 17.9. The second kappa shape index (κ2) is 8.07. The molecule has 1 aromatic carbocycles. The van der Waals surface area contributed by atoms with Crippen molar-refractivity contribution in [2.75, 3.05) is 11.9 Å². The number of carbonyl (C=O) groups excluding carboxylic acids is 2. The minimum Gasteiger partial charge on any atom is -0.454 e. The van der Waals surface area contributed by atoms with Gasteiger partial charge in [-0.05, 0) is 44.9 Å². The molecule has 1 N–H and O–H groups in total. The van der Waals surface area contributed by atoms with Gasteiger partial charge in [0.05, 0.1) is 23.6 Å². The Hall–Kier alpha value is -3.75. The van der Waals surface area contributed by atoms with E-state index >= 15 is 0 Å². The van der Waals surface area contributed by atoms with Crippen LogP contribution in [-0.4, -0.2) is 55.4 Å². The summed E-state index contributed by atoms with van der Waals surface area (Å²) in [4.78, 5) is 33.6. The van der Waals surface area contributed by atoms with Crippen molar-refractivity contribution in [1.82, 2.24) is 24.9 Å². The molecule has 9 nitrogen and oxygen atoms in total. The van der Waals surface area contributed by atoms with E-state index in [0.29, 0.717) is 29.2 Å². The summed E-state index contributed by atoms with van der Waals surface area (Å²) in [6, 6.07) is 9.20. The summed E-state index contributed by atoms with van der Waals surface area (Å²) in [5.41, 5.74) is 2.52. The van der Waals surface area contributed by atoms with Crippen LogP contribution in [0.4, 0.5) is 5.82 Å². The number of pyridine rings is 1. The molecule has 2 aliphatic rings. The van der Waals surface area contributed by atoms with Gasteiger partial charge in [0.2, 0.25) is 0 Å². The molecule has 1 amide bonds. The highest BCUT2D eigenvalue weighted by atomic mass is 16.5. The summed E-state index contributed by atoms with van der Waals surface area (Å²) in [6.07, 6.45) is 6.27. The third-order valence-electron chi connectivity index (χ3n) is 6.16. The number of nitrogens with one attached hydrogen (secondary N) is 1. The number of anilines is 1. The van der Waals surface area contributed by atoms with Crippen LogP contribution in [0.5, 0.6) is 0 Å². The summed E-state index contributed by atoms with van der Waals surface area (Å²) >= 11 is 0. The number of esters is 1. The number of likely N-dealkylation sites (tertiary alicyclic amines) is 1. The number of nitrogens with zero attached hydrogens (tertiary/aromatic N) is 5. The van der Waals surface area contributed by atoms with Crippen molar-refractivity contribution in [1.29, 1.82) is 0 Å². The van der Waals surface area contributed by atoms with Gasteiger partial charge >= 0.3 is 5.97 Å². The van der Waals surface area contributed by atoms with Crippen molar-refractivity contribution >= 4 is 17.7 Å². The van der Waals surface area contributed by atoms with E-state index in [9.17, 15) is 9.59 Å². The third kappa shape index (κ3) is 3.49. The predicted octanol–water partition coefficient (Wildman–Crippen LogP) is 3.00. The SMILES string of the molecule is C[C@@H]1OC(=O)c2c1ccnc2N[C@@H]1CC[C@@H](C)N(C(=O)c2ccccc2-n2nccn2)C1. The van der Waals surface area contributed by atoms with E-state index in [1.807, 2.05) is 36.1 Å². The molecule has 32 heavy (non-hydrogen) atoms. The van der Waals surface area contributed by atoms with E-state index in [2.05, 4.69) is 27.4 Å². The lowest BCUT2D eigenvalue weighted by molar-refractivity contribution is 0.0421. The van der Waals surface area contributed by atoms with E-state index in [-0.39, 0.29) is 30.1 Å². The molecule has 0 saturated carbocycles. The van der Waals surface area contributed by atoms with Crippen LogP contribution in [0, 0.1) is 0 Å². The first kappa shape index (κ1) is 20.2. The van der Waals surface area contributed by atoms with E-state index < -0.39 is 0 Å². The van der Waals surface area contributed by atoms with Crippen LogP contribution in [0.15, 0.2) is 48.9 Å². The summed E-state index contributed by atoms with van der Waals surface area (Å²) in [6.45, 7) is 4.40. The van der Waals surface area contributed by atoms with Gasteiger partial charge in [0, 0.05) is 30.4 Å². The lowest BCUT2D eigenvalue weighted by atomic mass is 9.97. The van der Waals surface area contributed by atoms with Crippen LogP contribution in [0.3, 0.4) is 0 Å². The highest BCUT2D eigenvalue weighted by Gasteiger charge is 2.34. The van der Waals surface area contributed by atoms with E-state index in [1.54, 1.807) is 24.7 Å². The Morgan fingerprint density at radius 3 is 2.69 bits per heavy atom. The smallest absolute Gasteiger partial charge is 0.342 e. The highest BCUT2D eigenvalue weighted by Crippen LogP contribution is 2.34. The summed E-state index contributed by atoms with van der Waals surface area (Å²) in [5.74, 6) is 0.0852. The number of para-hydroxylation sites is 1. The number of rotatable bonds is 4. The number of ether oxygens (including phenoxy) is 1. The number of amides is 1. The Morgan fingerprint density at radius 1 is 1.09 bits per heavy atom. The Balaban J connectivity index is 1.39. The molecule has 164 valence electrons. The van der Waals surface area contributed by atoms with Gasteiger partial charge in [-0.15, -0.1) is 0 Å². The molecule has 2 aliphatic heterocycles. The topological polar surface area (TPSA) is 102 Å².